The highest BCUT2D eigenvalue weighted by atomic mass is 35.5. The number of fused-ring (bicyclic) bond motifs is 1. The summed E-state index contributed by atoms with van der Waals surface area (Å²) in [7, 11) is 0. The highest BCUT2D eigenvalue weighted by Gasteiger charge is 2.70. The first-order valence-electron chi connectivity index (χ1n) is 9.27. The van der Waals surface area contributed by atoms with Crippen molar-refractivity contribution >= 4 is 34.1 Å². The summed E-state index contributed by atoms with van der Waals surface area (Å²) in [6.07, 6.45) is -4.35. The van der Waals surface area contributed by atoms with E-state index < -0.39 is 29.2 Å². The monoisotopic (exact) mass is 474 g/mol. The number of rotatable bonds is 4. The zero-order valence-electron chi connectivity index (χ0n) is 17.0. The molecular weight excluding hydrogens is 458 g/mol. The summed E-state index contributed by atoms with van der Waals surface area (Å²) in [5.41, 5.74) is -5.33. The molecule has 1 aromatic heterocycles. The van der Waals surface area contributed by atoms with Crippen LogP contribution in [0.25, 0.3) is 10.9 Å². The van der Waals surface area contributed by atoms with Crippen LogP contribution in [0, 0.1) is 13.8 Å². The lowest BCUT2D eigenvalue weighted by Gasteiger charge is -2.34. The number of aryl methyl sites for hydroxylation is 2. The molecule has 32 heavy (non-hydrogen) atoms. The van der Waals surface area contributed by atoms with Crippen molar-refractivity contribution in [2.45, 2.75) is 38.5 Å². The first-order chi connectivity index (χ1) is 14.7. The average Bonchev–Trinajstić information content (AvgIpc) is 2.68. The number of halogens is 7. The van der Waals surface area contributed by atoms with E-state index in [0.717, 1.165) is 0 Å². The van der Waals surface area contributed by atoms with Crippen molar-refractivity contribution < 1.29 is 31.1 Å². The summed E-state index contributed by atoms with van der Waals surface area (Å²) in [6, 6.07) is 7.42. The minimum atomic E-state index is -5.85. The molecule has 1 N–H and O–H groups in total. The van der Waals surface area contributed by atoms with E-state index in [9.17, 15) is 31.1 Å². The third kappa shape index (κ3) is 4.01. The van der Waals surface area contributed by atoms with Crippen molar-refractivity contribution in [3.05, 3.63) is 69.9 Å². The van der Waals surface area contributed by atoms with E-state index in [1.807, 2.05) is 0 Å². The van der Waals surface area contributed by atoms with Crippen LogP contribution in [0.2, 0.25) is 5.02 Å². The molecule has 1 unspecified atom stereocenters. The molecule has 0 aliphatic rings. The molecule has 3 nitrogen and oxygen atoms in total. The fourth-order valence-electron chi connectivity index (χ4n) is 3.47. The number of pyridine rings is 1. The lowest BCUT2D eigenvalue weighted by molar-refractivity contribution is -0.304. The molecule has 0 fully saturated rings. The predicted octanol–water partition coefficient (Wildman–Crippen LogP) is 7.14. The van der Waals surface area contributed by atoms with Crippen molar-refractivity contribution in [3.63, 3.8) is 0 Å². The average molecular weight is 475 g/mol. The largest absolute Gasteiger partial charge is 0.432 e. The maximum Gasteiger partial charge on any atom is 0.432 e. The number of hydrogen-bond acceptors (Lipinski definition) is 2. The fraction of sp³-hybridized carbons (Fsp3) is 0.273. The molecule has 1 atom stereocenters. The van der Waals surface area contributed by atoms with E-state index in [4.69, 9.17) is 11.6 Å². The summed E-state index contributed by atoms with van der Waals surface area (Å²) in [5, 5.41) is 3.43. The minimum absolute atomic E-state index is 0.00985. The SMILES string of the molecule is Cc1cc(C(F)(C(C)(F)F)C(F)(F)F)cc(C)c1NC(=O)c1ccc2nccc(Cl)c2c1. The molecule has 170 valence electrons. The van der Waals surface area contributed by atoms with Gasteiger partial charge in [0.05, 0.1) is 10.5 Å². The summed E-state index contributed by atoms with van der Waals surface area (Å²) in [5.74, 6) is -5.35. The second-order valence-electron chi connectivity index (χ2n) is 7.51. The topological polar surface area (TPSA) is 42.0 Å². The Morgan fingerprint density at radius 3 is 2.09 bits per heavy atom. The van der Waals surface area contributed by atoms with Gasteiger partial charge in [0.1, 0.15) is 0 Å². The highest BCUT2D eigenvalue weighted by molar-refractivity contribution is 6.35. The summed E-state index contributed by atoms with van der Waals surface area (Å²) in [4.78, 5) is 16.8. The van der Waals surface area contributed by atoms with Crippen LogP contribution in [0.15, 0.2) is 42.6 Å². The van der Waals surface area contributed by atoms with Crippen molar-refractivity contribution in [2.75, 3.05) is 5.32 Å². The van der Waals surface area contributed by atoms with Crippen LogP contribution < -0.4 is 5.32 Å². The van der Waals surface area contributed by atoms with Crippen molar-refractivity contribution in [1.82, 2.24) is 4.98 Å². The maximum absolute atomic E-state index is 14.8. The molecule has 0 saturated heterocycles. The van der Waals surface area contributed by atoms with E-state index in [-0.39, 0.29) is 29.3 Å². The number of nitrogens with one attached hydrogen (secondary N) is 1. The predicted molar refractivity (Wildman–Crippen MR) is 110 cm³/mol. The Morgan fingerprint density at radius 1 is 0.969 bits per heavy atom. The van der Waals surface area contributed by atoms with Crippen molar-refractivity contribution in [3.8, 4) is 0 Å². The number of alkyl halides is 6. The van der Waals surface area contributed by atoms with E-state index in [0.29, 0.717) is 28.1 Å². The first kappa shape index (κ1) is 23.8. The summed E-state index contributed by atoms with van der Waals surface area (Å²) < 4.78 is 82.1. The van der Waals surface area contributed by atoms with Gasteiger partial charge in [-0.2, -0.15) is 13.2 Å². The lowest BCUT2D eigenvalue weighted by atomic mass is 9.86. The van der Waals surface area contributed by atoms with Gasteiger partial charge in [0, 0.05) is 35.3 Å². The molecule has 1 amide bonds. The number of benzene rings is 2. The number of aromatic nitrogens is 1. The van der Waals surface area contributed by atoms with Gasteiger partial charge in [-0.25, -0.2) is 13.2 Å². The van der Waals surface area contributed by atoms with Crippen LogP contribution in [-0.4, -0.2) is 23.0 Å². The van der Waals surface area contributed by atoms with Gasteiger partial charge >= 0.3 is 6.18 Å². The number of carbonyl (C=O) groups is 1. The smallest absolute Gasteiger partial charge is 0.322 e. The molecule has 0 aliphatic heterocycles. The van der Waals surface area contributed by atoms with Gasteiger partial charge in [0.15, 0.2) is 0 Å². The molecule has 10 heteroatoms. The van der Waals surface area contributed by atoms with Gasteiger partial charge in [0.2, 0.25) is 0 Å². The van der Waals surface area contributed by atoms with Crippen LogP contribution in [0.3, 0.4) is 0 Å². The van der Waals surface area contributed by atoms with E-state index >= 15 is 0 Å². The molecule has 0 spiro atoms. The van der Waals surface area contributed by atoms with Gasteiger partial charge in [-0.1, -0.05) is 23.7 Å². The van der Waals surface area contributed by atoms with Gasteiger partial charge in [0.25, 0.3) is 17.5 Å². The lowest BCUT2D eigenvalue weighted by Crippen LogP contribution is -2.51. The maximum atomic E-state index is 14.8. The van der Waals surface area contributed by atoms with E-state index in [2.05, 4.69) is 10.3 Å². The highest BCUT2D eigenvalue weighted by Crippen LogP contribution is 2.53. The van der Waals surface area contributed by atoms with Gasteiger partial charge in [-0.05, 0) is 49.2 Å². The molecule has 0 aliphatic carbocycles. The number of carbonyl (C=O) groups excluding carboxylic acids is 1. The zero-order chi connectivity index (χ0) is 24.1. The second-order valence-corrected chi connectivity index (χ2v) is 7.92. The Labute approximate surface area is 184 Å². The van der Waals surface area contributed by atoms with Crippen LogP contribution in [0.1, 0.15) is 34.0 Å². The number of nitrogens with zero attached hydrogens (tertiary/aromatic N) is 1. The third-order valence-electron chi connectivity index (χ3n) is 5.12. The molecule has 0 radical (unpaired) electrons. The van der Waals surface area contributed by atoms with Crippen LogP contribution >= 0.6 is 11.6 Å². The van der Waals surface area contributed by atoms with Crippen LogP contribution in [0.5, 0.6) is 0 Å². The number of hydrogen-bond donors (Lipinski definition) is 1. The quantitative estimate of drug-likeness (QED) is 0.408. The third-order valence-corrected chi connectivity index (χ3v) is 5.44. The Balaban J connectivity index is 2.00. The zero-order valence-corrected chi connectivity index (χ0v) is 17.8. The molecule has 2 aromatic carbocycles. The number of amides is 1. The first-order valence-corrected chi connectivity index (χ1v) is 9.65. The molecule has 1 heterocycles. The van der Waals surface area contributed by atoms with Gasteiger partial charge < -0.3 is 5.32 Å². The molecule has 3 aromatic rings. The minimum Gasteiger partial charge on any atom is -0.322 e. The fourth-order valence-corrected chi connectivity index (χ4v) is 3.67. The molecule has 0 saturated carbocycles. The summed E-state index contributed by atoms with van der Waals surface area (Å²) in [6.45, 7) is 2.45. The number of anilines is 1. The van der Waals surface area contributed by atoms with Gasteiger partial charge in [-0.15, -0.1) is 0 Å². The van der Waals surface area contributed by atoms with E-state index in [1.165, 1.54) is 32.2 Å². The summed E-state index contributed by atoms with van der Waals surface area (Å²) >= 11 is 6.12. The molecule has 3 rings (SSSR count). The Kier molecular flexibility index (Phi) is 5.93. The normalized spacial score (nSPS) is 14.3. The molecular formula is C22H17ClF6N2O. The Hall–Kier alpha value is -2.81. The van der Waals surface area contributed by atoms with E-state index in [1.54, 1.807) is 12.1 Å². The standard InChI is InChI=1S/C22H17ClF6N2O/c1-11-8-14(21(26,20(3,24)25)22(27,28)29)9-12(2)18(11)31-19(32)13-4-5-17-15(10-13)16(23)6-7-30-17/h4-10H,1-3H3,(H,31,32). The molecule has 0 bridgehead atoms. The Bertz CT molecular complexity index is 1170. The van der Waals surface area contributed by atoms with Gasteiger partial charge in [-0.3, -0.25) is 9.78 Å². The van der Waals surface area contributed by atoms with Crippen LogP contribution in [0.4, 0.5) is 32.0 Å². The van der Waals surface area contributed by atoms with Crippen molar-refractivity contribution in [1.29, 1.82) is 0 Å². The second kappa shape index (κ2) is 7.95. The van der Waals surface area contributed by atoms with Crippen molar-refractivity contribution in [2.24, 2.45) is 0 Å². The van der Waals surface area contributed by atoms with Crippen LogP contribution in [-0.2, 0) is 5.67 Å². The Morgan fingerprint density at radius 2 is 1.56 bits per heavy atom.